The summed E-state index contributed by atoms with van der Waals surface area (Å²) in [4.78, 5) is 30.4. The van der Waals surface area contributed by atoms with Crippen LogP contribution in [0.15, 0.2) is 59.0 Å². The Balaban J connectivity index is 1.64. The summed E-state index contributed by atoms with van der Waals surface area (Å²) >= 11 is 1.34. The van der Waals surface area contributed by atoms with E-state index in [-0.39, 0.29) is 17.8 Å². The predicted octanol–water partition coefficient (Wildman–Crippen LogP) is 5.40. The van der Waals surface area contributed by atoms with Crippen LogP contribution in [0.4, 0.5) is 18.9 Å². The number of carbonyl (C=O) groups is 1. The van der Waals surface area contributed by atoms with E-state index < -0.39 is 17.6 Å². The molecule has 0 fully saturated rings. The molecule has 0 radical (unpaired) electrons. The van der Waals surface area contributed by atoms with Crippen LogP contribution >= 0.6 is 11.3 Å². The van der Waals surface area contributed by atoms with Crippen LogP contribution in [-0.2, 0) is 17.5 Å². The lowest BCUT2D eigenvalue weighted by molar-refractivity contribution is -0.137. The summed E-state index contributed by atoms with van der Waals surface area (Å²) in [6.45, 7) is 3.57. The van der Waals surface area contributed by atoms with E-state index in [1.54, 1.807) is 0 Å². The number of nitrogens with zero attached hydrogens (tertiary/aromatic N) is 2. The van der Waals surface area contributed by atoms with Crippen LogP contribution in [0.1, 0.15) is 16.7 Å². The van der Waals surface area contributed by atoms with E-state index in [9.17, 15) is 22.8 Å². The summed E-state index contributed by atoms with van der Waals surface area (Å²) in [5.74, 6) is -0.629. The average molecular weight is 457 g/mol. The number of alkyl halides is 3. The molecule has 4 aromatic rings. The van der Waals surface area contributed by atoms with E-state index in [0.717, 1.165) is 39.0 Å². The normalized spacial score (nSPS) is 11.7. The van der Waals surface area contributed by atoms with Crippen molar-refractivity contribution in [2.24, 2.45) is 0 Å². The van der Waals surface area contributed by atoms with E-state index in [2.05, 4.69) is 10.3 Å². The molecule has 0 aliphatic carbocycles. The Morgan fingerprint density at radius 2 is 1.91 bits per heavy atom. The molecule has 5 nitrogen and oxygen atoms in total. The molecule has 164 valence electrons. The van der Waals surface area contributed by atoms with Crippen molar-refractivity contribution in [1.29, 1.82) is 0 Å². The molecule has 0 saturated carbocycles. The van der Waals surface area contributed by atoms with Crippen molar-refractivity contribution in [1.82, 2.24) is 9.55 Å². The highest BCUT2D eigenvalue weighted by molar-refractivity contribution is 7.17. The number of hydrogen-bond donors (Lipinski definition) is 1. The van der Waals surface area contributed by atoms with Gasteiger partial charge in [-0.25, -0.2) is 4.98 Å². The second-order valence-electron chi connectivity index (χ2n) is 7.45. The summed E-state index contributed by atoms with van der Waals surface area (Å²) in [6, 6.07) is 10.3. The van der Waals surface area contributed by atoms with Crippen molar-refractivity contribution in [3.63, 3.8) is 0 Å². The van der Waals surface area contributed by atoms with Crippen LogP contribution in [0, 0.1) is 13.8 Å². The molecule has 2 aromatic carbocycles. The zero-order valence-electron chi connectivity index (χ0n) is 17.2. The quantitative estimate of drug-likeness (QED) is 0.446. The lowest BCUT2D eigenvalue weighted by Gasteiger charge is -2.11. The maximum Gasteiger partial charge on any atom is 0.416 e. The minimum atomic E-state index is -4.52. The first kappa shape index (κ1) is 21.8. The fraction of sp³-hybridized carbons (Fsp3) is 0.174. The average Bonchev–Trinajstić information content (AvgIpc) is 3.14. The number of carbonyl (C=O) groups excluding carboxylic acids is 1. The van der Waals surface area contributed by atoms with Gasteiger partial charge in [0.2, 0.25) is 5.91 Å². The van der Waals surface area contributed by atoms with E-state index >= 15 is 0 Å². The van der Waals surface area contributed by atoms with Crippen LogP contribution < -0.4 is 10.9 Å². The number of hydrogen-bond acceptors (Lipinski definition) is 4. The largest absolute Gasteiger partial charge is 0.416 e. The summed E-state index contributed by atoms with van der Waals surface area (Å²) < 4.78 is 39.8. The van der Waals surface area contributed by atoms with Crippen molar-refractivity contribution < 1.29 is 18.0 Å². The Morgan fingerprint density at radius 3 is 2.62 bits per heavy atom. The van der Waals surface area contributed by atoms with Gasteiger partial charge in [0.15, 0.2) is 0 Å². The summed E-state index contributed by atoms with van der Waals surface area (Å²) in [5.41, 5.74) is 2.52. The Labute approximate surface area is 185 Å². The van der Waals surface area contributed by atoms with Gasteiger partial charge in [0.1, 0.15) is 11.4 Å². The van der Waals surface area contributed by atoms with Gasteiger partial charge in [-0.3, -0.25) is 14.2 Å². The molecule has 0 saturated heterocycles. The molecule has 4 rings (SSSR count). The smallest absolute Gasteiger partial charge is 0.325 e. The van der Waals surface area contributed by atoms with Crippen molar-refractivity contribution in [2.75, 3.05) is 5.32 Å². The minimum absolute atomic E-state index is 0.00147. The number of benzene rings is 2. The number of aromatic nitrogens is 2. The number of amides is 1. The van der Waals surface area contributed by atoms with Gasteiger partial charge in [-0.15, -0.1) is 11.3 Å². The Hall–Kier alpha value is -3.46. The molecule has 0 spiro atoms. The molecule has 0 atom stereocenters. The third kappa shape index (κ3) is 4.29. The third-order valence-corrected chi connectivity index (χ3v) is 5.91. The standard InChI is InChI=1S/C23H18F3N3O2S/c1-13-6-7-17(14(2)8-13)18-11-32-21-20(18)22(31)29(12-27-21)10-19(30)28-16-5-3-4-15(9-16)23(24,25)26/h3-9,11-12H,10H2,1-2H3,(H,28,30). The number of aryl methyl sites for hydroxylation is 2. The second kappa shape index (κ2) is 8.23. The fourth-order valence-corrected chi connectivity index (χ4v) is 4.42. The van der Waals surface area contributed by atoms with Crippen molar-refractivity contribution in [3.8, 4) is 11.1 Å². The number of nitrogens with one attached hydrogen (secondary N) is 1. The monoisotopic (exact) mass is 457 g/mol. The molecule has 0 bridgehead atoms. The van der Waals surface area contributed by atoms with Gasteiger partial charge in [-0.05, 0) is 43.2 Å². The second-order valence-corrected chi connectivity index (χ2v) is 8.31. The van der Waals surface area contributed by atoms with Crippen LogP contribution in [0.5, 0.6) is 0 Å². The number of halogens is 3. The molecule has 1 N–H and O–H groups in total. The van der Waals surface area contributed by atoms with E-state index in [4.69, 9.17) is 0 Å². The maximum absolute atomic E-state index is 13.1. The number of rotatable bonds is 4. The van der Waals surface area contributed by atoms with Gasteiger partial charge in [0.05, 0.1) is 17.3 Å². The Kier molecular flexibility index (Phi) is 5.60. The van der Waals surface area contributed by atoms with Crippen LogP contribution in [-0.4, -0.2) is 15.5 Å². The zero-order valence-corrected chi connectivity index (χ0v) is 18.0. The van der Waals surface area contributed by atoms with Gasteiger partial charge >= 0.3 is 6.18 Å². The molecule has 1 amide bonds. The number of anilines is 1. The van der Waals surface area contributed by atoms with E-state index in [0.29, 0.717) is 10.2 Å². The third-order valence-electron chi connectivity index (χ3n) is 5.02. The molecule has 0 aliphatic rings. The highest BCUT2D eigenvalue weighted by Gasteiger charge is 2.30. The van der Waals surface area contributed by atoms with E-state index in [1.165, 1.54) is 29.8 Å². The van der Waals surface area contributed by atoms with Crippen molar-refractivity contribution in [2.45, 2.75) is 26.6 Å². The zero-order chi connectivity index (χ0) is 23.0. The fourth-order valence-electron chi connectivity index (χ4n) is 3.52. The van der Waals surface area contributed by atoms with E-state index in [1.807, 2.05) is 37.4 Å². The van der Waals surface area contributed by atoms with Crippen LogP contribution in [0.2, 0.25) is 0 Å². The van der Waals surface area contributed by atoms with Gasteiger partial charge in [0.25, 0.3) is 5.56 Å². The predicted molar refractivity (Wildman–Crippen MR) is 119 cm³/mol. The first-order valence-electron chi connectivity index (χ1n) is 9.65. The van der Waals surface area contributed by atoms with Crippen molar-refractivity contribution in [3.05, 3.63) is 81.2 Å². The molecule has 2 heterocycles. The first-order valence-corrected chi connectivity index (χ1v) is 10.5. The van der Waals surface area contributed by atoms with Crippen molar-refractivity contribution >= 4 is 33.1 Å². The molecule has 2 aromatic heterocycles. The molecular weight excluding hydrogens is 439 g/mol. The molecule has 0 aliphatic heterocycles. The summed E-state index contributed by atoms with van der Waals surface area (Å²) in [7, 11) is 0. The van der Waals surface area contributed by atoms with Gasteiger partial charge in [0, 0.05) is 16.6 Å². The molecule has 9 heteroatoms. The maximum atomic E-state index is 13.1. The topological polar surface area (TPSA) is 64.0 Å². The van der Waals surface area contributed by atoms with Crippen LogP contribution in [0.25, 0.3) is 21.3 Å². The van der Waals surface area contributed by atoms with Gasteiger partial charge in [-0.1, -0.05) is 29.8 Å². The highest BCUT2D eigenvalue weighted by Crippen LogP contribution is 2.33. The highest BCUT2D eigenvalue weighted by atomic mass is 32.1. The Morgan fingerprint density at radius 1 is 1.12 bits per heavy atom. The van der Waals surface area contributed by atoms with Gasteiger partial charge in [-0.2, -0.15) is 13.2 Å². The Bertz CT molecular complexity index is 1390. The minimum Gasteiger partial charge on any atom is -0.325 e. The first-order chi connectivity index (χ1) is 15.1. The molecule has 32 heavy (non-hydrogen) atoms. The van der Waals surface area contributed by atoms with Crippen LogP contribution in [0.3, 0.4) is 0 Å². The van der Waals surface area contributed by atoms with Gasteiger partial charge < -0.3 is 5.32 Å². The number of thiophene rings is 1. The number of fused-ring (bicyclic) bond motifs is 1. The SMILES string of the molecule is Cc1ccc(-c2csc3ncn(CC(=O)Nc4cccc(C(F)(F)F)c4)c(=O)c23)c(C)c1. The summed E-state index contributed by atoms with van der Waals surface area (Å²) in [6.07, 6.45) is -3.24. The summed E-state index contributed by atoms with van der Waals surface area (Å²) in [5, 5.41) is 4.69. The molecule has 0 unspecified atom stereocenters. The molecular formula is C23H18F3N3O2S. The lowest BCUT2D eigenvalue weighted by atomic mass is 9.99. The lowest BCUT2D eigenvalue weighted by Crippen LogP contribution is -2.27.